The molecule has 0 saturated heterocycles. The molecule has 2 rings (SSSR count). The summed E-state index contributed by atoms with van der Waals surface area (Å²) in [4.78, 5) is 14.9. The zero-order chi connectivity index (χ0) is 18.4. The third-order valence-corrected chi connectivity index (χ3v) is 4.08. The summed E-state index contributed by atoms with van der Waals surface area (Å²) in [5.74, 6) is 0.108. The molecule has 6 N–H and O–H groups in total. The fourth-order valence-electron chi connectivity index (χ4n) is 2.54. The van der Waals surface area contributed by atoms with Crippen LogP contribution in [-0.4, -0.2) is 76.3 Å². The van der Waals surface area contributed by atoms with Gasteiger partial charge in [0.2, 0.25) is 0 Å². The lowest BCUT2D eigenvalue weighted by molar-refractivity contribution is -0.139. The van der Waals surface area contributed by atoms with Crippen molar-refractivity contribution in [3.8, 4) is 5.75 Å². The van der Waals surface area contributed by atoms with Gasteiger partial charge >= 0.3 is 0 Å². The number of nitrogens with one attached hydrogen (secondary N) is 2. The largest absolute Gasteiger partial charge is 0.497 e. The Kier molecular flexibility index (Phi) is 6.91. The molecular formula is C17H24N2O6. The molecule has 1 heterocycles. The van der Waals surface area contributed by atoms with E-state index < -0.39 is 30.7 Å². The van der Waals surface area contributed by atoms with Crippen LogP contribution in [0.4, 0.5) is 0 Å². The monoisotopic (exact) mass is 352 g/mol. The molecule has 0 aliphatic rings. The van der Waals surface area contributed by atoms with E-state index in [1.807, 2.05) is 24.4 Å². The van der Waals surface area contributed by atoms with E-state index in [0.717, 1.165) is 22.2 Å². The molecule has 0 spiro atoms. The van der Waals surface area contributed by atoms with Crippen molar-refractivity contribution in [2.75, 3.05) is 26.8 Å². The Morgan fingerprint density at radius 3 is 2.76 bits per heavy atom. The third kappa shape index (κ3) is 4.77. The minimum atomic E-state index is -1.74. The van der Waals surface area contributed by atoms with E-state index in [9.17, 15) is 20.1 Å². The number of H-pyrrole nitrogens is 1. The molecule has 1 aromatic carbocycles. The highest BCUT2D eigenvalue weighted by Gasteiger charge is 2.29. The highest BCUT2D eigenvalue weighted by Crippen LogP contribution is 2.23. The Balaban J connectivity index is 1.84. The van der Waals surface area contributed by atoms with Crippen LogP contribution in [0.2, 0.25) is 0 Å². The maximum Gasteiger partial charge on any atom is 0.177 e. The van der Waals surface area contributed by atoms with Crippen LogP contribution in [0.3, 0.4) is 0 Å². The molecule has 1 aromatic heterocycles. The lowest BCUT2D eigenvalue weighted by Gasteiger charge is -2.20. The lowest BCUT2D eigenvalue weighted by Crippen LogP contribution is -2.46. The standard InChI is InChI=1S/C17H24N2O6/c1-25-11-2-3-13-12(6-11)10(7-19-13)4-5-18-8-14(21)16(23)17(24)15(22)9-20/h2-3,6-7,15-20,22-24H,4-5,8-9H2,1H3/t15-,16-,17-/m1/s1. The molecule has 0 fully saturated rings. The van der Waals surface area contributed by atoms with Gasteiger partial charge in [0.25, 0.3) is 0 Å². The molecule has 25 heavy (non-hydrogen) atoms. The van der Waals surface area contributed by atoms with Crippen molar-refractivity contribution < 1.29 is 30.0 Å². The molecule has 0 amide bonds. The number of aliphatic hydroxyl groups is 4. The van der Waals surface area contributed by atoms with E-state index in [-0.39, 0.29) is 6.54 Å². The second-order valence-corrected chi connectivity index (χ2v) is 5.80. The minimum Gasteiger partial charge on any atom is -0.497 e. The van der Waals surface area contributed by atoms with Gasteiger partial charge in [-0.1, -0.05) is 0 Å². The summed E-state index contributed by atoms with van der Waals surface area (Å²) in [5.41, 5.74) is 2.05. The zero-order valence-corrected chi connectivity index (χ0v) is 14.0. The number of carbonyl (C=O) groups is 1. The first kappa shape index (κ1) is 19.4. The average Bonchev–Trinajstić information content (AvgIpc) is 3.05. The first-order chi connectivity index (χ1) is 12.0. The van der Waals surface area contributed by atoms with Crippen LogP contribution in [0.25, 0.3) is 10.9 Å². The van der Waals surface area contributed by atoms with Crippen LogP contribution in [0.5, 0.6) is 5.75 Å². The average molecular weight is 352 g/mol. The Bertz CT molecular complexity index is 702. The van der Waals surface area contributed by atoms with Gasteiger partial charge in [-0.2, -0.15) is 0 Å². The van der Waals surface area contributed by atoms with Gasteiger partial charge in [0.05, 0.1) is 20.3 Å². The van der Waals surface area contributed by atoms with Gasteiger partial charge in [-0.3, -0.25) is 4.79 Å². The number of aliphatic hydroxyl groups excluding tert-OH is 4. The number of aromatic nitrogens is 1. The number of ether oxygens (including phenoxy) is 1. The van der Waals surface area contributed by atoms with Crippen molar-refractivity contribution in [3.05, 3.63) is 30.0 Å². The Hall–Kier alpha value is -1.97. The van der Waals surface area contributed by atoms with Crippen molar-refractivity contribution >= 4 is 16.7 Å². The zero-order valence-electron chi connectivity index (χ0n) is 14.0. The van der Waals surface area contributed by atoms with Crippen LogP contribution in [0.15, 0.2) is 24.4 Å². The number of carbonyl (C=O) groups excluding carboxylic acids is 1. The van der Waals surface area contributed by atoms with Gasteiger partial charge in [-0.25, -0.2) is 0 Å². The van der Waals surface area contributed by atoms with Crippen molar-refractivity contribution in [2.24, 2.45) is 0 Å². The number of fused-ring (bicyclic) bond motifs is 1. The number of benzene rings is 1. The molecule has 8 nitrogen and oxygen atoms in total. The van der Waals surface area contributed by atoms with Crippen LogP contribution in [0, 0.1) is 0 Å². The number of hydrogen-bond acceptors (Lipinski definition) is 7. The molecular weight excluding hydrogens is 328 g/mol. The molecule has 0 radical (unpaired) electrons. The van der Waals surface area contributed by atoms with Crippen LogP contribution >= 0.6 is 0 Å². The normalized spacial score (nSPS) is 15.1. The molecule has 2 aromatic rings. The topological polar surface area (TPSA) is 135 Å². The fraction of sp³-hybridized carbons (Fsp3) is 0.471. The third-order valence-electron chi connectivity index (χ3n) is 4.08. The van der Waals surface area contributed by atoms with Crippen molar-refractivity contribution in [2.45, 2.75) is 24.7 Å². The van der Waals surface area contributed by atoms with E-state index in [1.165, 1.54) is 0 Å². The summed E-state index contributed by atoms with van der Waals surface area (Å²) in [6.45, 7) is -0.397. The van der Waals surface area contributed by atoms with Gasteiger partial charge in [-0.05, 0) is 36.7 Å². The van der Waals surface area contributed by atoms with E-state index in [1.54, 1.807) is 7.11 Å². The van der Waals surface area contributed by atoms with Gasteiger partial charge in [0, 0.05) is 17.1 Å². The molecule has 0 aliphatic heterocycles. The maximum absolute atomic E-state index is 11.8. The van der Waals surface area contributed by atoms with E-state index >= 15 is 0 Å². The molecule has 0 aliphatic carbocycles. The molecule has 8 heteroatoms. The number of ketones is 1. The highest BCUT2D eigenvalue weighted by atomic mass is 16.5. The smallest absolute Gasteiger partial charge is 0.177 e. The lowest BCUT2D eigenvalue weighted by atomic mass is 10.0. The van der Waals surface area contributed by atoms with Crippen LogP contribution in [-0.2, 0) is 11.2 Å². The summed E-state index contributed by atoms with van der Waals surface area (Å²) >= 11 is 0. The van der Waals surface area contributed by atoms with Gasteiger partial charge in [-0.15, -0.1) is 0 Å². The molecule has 0 bridgehead atoms. The summed E-state index contributed by atoms with van der Waals surface area (Å²) in [7, 11) is 1.61. The van der Waals surface area contributed by atoms with Gasteiger partial charge in [0.1, 0.15) is 24.1 Å². The summed E-state index contributed by atoms with van der Waals surface area (Å²) in [5, 5.41) is 41.0. The summed E-state index contributed by atoms with van der Waals surface area (Å²) in [6, 6.07) is 5.73. The predicted octanol–water partition coefficient (Wildman–Crippen LogP) is -1.05. The first-order valence-electron chi connectivity index (χ1n) is 8.00. The number of aromatic amines is 1. The van der Waals surface area contributed by atoms with E-state index in [0.29, 0.717) is 13.0 Å². The van der Waals surface area contributed by atoms with Crippen molar-refractivity contribution in [3.63, 3.8) is 0 Å². The maximum atomic E-state index is 11.8. The number of methoxy groups -OCH3 is 1. The Morgan fingerprint density at radius 1 is 1.32 bits per heavy atom. The fourth-order valence-corrected chi connectivity index (χ4v) is 2.54. The number of rotatable bonds is 10. The predicted molar refractivity (Wildman–Crippen MR) is 91.5 cm³/mol. The summed E-state index contributed by atoms with van der Waals surface area (Å²) in [6.07, 6.45) is -2.46. The molecule has 0 saturated carbocycles. The SMILES string of the molecule is COc1ccc2[nH]cc(CCNCC(=O)[C@@H](O)[C@H](O)[C@H](O)CO)c2c1. The molecule has 3 atom stereocenters. The quantitative estimate of drug-likeness (QED) is 0.300. The second-order valence-electron chi connectivity index (χ2n) is 5.80. The second kappa shape index (κ2) is 8.93. The van der Waals surface area contributed by atoms with Gasteiger partial charge in [0.15, 0.2) is 5.78 Å². The van der Waals surface area contributed by atoms with Crippen molar-refractivity contribution in [1.29, 1.82) is 0 Å². The highest BCUT2D eigenvalue weighted by molar-refractivity contribution is 5.85. The minimum absolute atomic E-state index is 0.151. The first-order valence-corrected chi connectivity index (χ1v) is 8.00. The Labute approximate surface area is 145 Å². The van der Waals surface area contributed by atoms with Gasteiger partial charge < -0.3 is 35.5 Å². The number of Topliss-reactive ketones (excluding diaryl/α,β-unsaturated/α-hetero) is 1. The van der Waals surface area contributed by atoms with E-state index in [2.05, 4.69) is 10.3 Å². The number of hydrogen-bond donors (Lipinski definition) is 6. The van der Waals surface area contributed by atoms with Crippen LogP contribution in [0.1, 0.15) is 5.56 Å². The van der Waals surface area contributed by atoms with E-state index in [4.69, 9.17) is 9.84 Å². The molecule has 0 unspecified atom stereocenters. The Morgan fingerprint density at radius 2 is 2.08 bits per heavy atom. The van der Waals surface area contributed by atoms with Crippen LogP contribution < -0.4 is 10.1 Å². The molecule has 138 valence electrons. The van der Waals surface area contributed by atoms with Crippen molar-refractivity contribution in [1.82, 2.24) is 10.3 Å². The summed E-state index contributed by atoms with van der Waals surface area (Å²) < 4.78 is 5.22.